The zero-order valence-corrected chi connectivity index (χ0v) is 23.0. The Morgan fingerprint density at radius 2 is 1.51 bits per heavy atom. The summed E-state index contributed by atoms with van der Waals surface area (Å²) in [6, 6.07) is 8.74. The fourth-order valence-electron chi connectivity index (χ4n) is 5.49. The van der Waals surface area contributed by atoms with Gasteiger partial charge in [-0.05, 0) is 61.8 Å². The van der Waals surface area contributed by atoms with E-state index in [9.17, 15) is 0 Å². The van der Waals surface area contributed by atoms with Crippen LogP contribution in [0.1, 0.15) is 37.6 Å². The first-order valence-electron chi connectivity index (χ1n) is 13.9. The van der Waals surface area contributed by atoms with Gasteiger partial charge in [-0.25, -0.2) is 0 Å². The summed E-state index contributed by atoms with van der Waals surface area (Å²) in [6.45, 7) is 10.1. The lowest BCUT2D eigenvalue weighted by molar-refractivity contribution is -0.665. The highest BCUT2D eigenvalue weighted by Gasteiger charge is 2.26. The molecule has 200 valence electrons. The highest BCUT2D eigenvalue weighted by Crippen LogP contribution is 2.39. The molecule has 37 heavy (non-hydrogen) atoms. The van der Waals surface area contributed by atoms with Crippen LogP contribution < -0.4 is 4.57 Å². The molecule has 2 heterocycles. The molecule has 1 fully saturated rings. The normalized spacial score (nSPS) is 24.2. The molecule has 2 aliphatic carbocycles. The third-order valence-electron chi connectivity index (χ3n) is 7.48. The van der Waals surface area contributed by atoms with Crippen molar-refractivity contribution in [3.05, 3.63) is 58.3 Å². The number of aryl methyl sites for hydroxylation is 1. The summed E-state index contributed by atoms with van der Waals surface area (Å²) in [5, 5.41) is 1.35. The molecule has 1 aromatic carbocycles. The number of para-hydroxylation sites is 1. The Morgan fingerprint density at radius 1 is 0.865 bits per heavy atom. The summed E-state index contributed by atoms with van der Waals surface area (Å²) in [5.74, 6) is 0.673. The highest BCUT2D eigenvalue weighted by molar-refractivity contribution is 7.18. The van der Waals surface area contributed by atoms with Crippen molar-refractivity contribution in [2.24, 2.45) is 5.92 Å². The van der Waals surface area contributed by atoms with Gasteiger partial charge < -0.3 is 23.8 Å². The second-order valence-corrected chi connectivity index (χ2v) is 10.9. The van der Waals surface area contributed by atoms with Crippen LogP contribution in [-0.4, -0.2) is 70.8 Å². The Morgan fingerprint density at radius 3 is 2.22 bits per heavy atom. The molecule has 2 aromatic rings. The molecule has 1 aliphatic heterocycles. The Labute approximate surface area is 225 Å². The molecule has 0 bridgehead atoms. The van der Waals surface area contributed by atoms with Crippen molar-refractivity contribution >= 4 is 27.6 Å². The van der Waals surface area contributed by atoms with Gasteiger partial charge in [-0.1, -0.05) is 29.5 Å². The summed E-state index contributed by atoms with van der Waals surface area (Å²) < 4.78 is 26.7. The van der Waals surface area contributed by atoms with E-state index in [4.69, 9.17) is 18.9 Å². The van der Waals surface area contributed by atoms with Crippen LogP contribution in [0.3, 0.4) is 0 Å². The van der Waals surface area contributed by atoms with E-state index >= 15 is 0 Å². The molecule has 0 radical (unpaired) electrons. The number of fused-ring (bicyclic) bond motifs is 2. The van der Waals surface area contributed by atoms with Gasteiger partial charge in [-0.2, -0.15) is 4.57 Å². The molecule has 1 atom stereocenters. The minimum Gasteiger partial charge on any atom is -0.377 e. The number of ether oxygens (including phenoxy) is 4. The van der Waals surface area contributed by atoms with Gasteiger partial charge in [-0.3, -0.25) is 0 Å². The average molecular weight is 526 g/mol. The van der Waals surface area contributed by atoms with Crippen LogP contribution in [0, 0.1) is 5.92 Å². The number of hydrogen-bond acceptors (Lipinski definition) is 6. The van der Waals surface area contributed by atoms with Crippen LogP contribution in [0.15, 0.2) is 53.3 Å². The van der Waals surface area contributed by atoms with Crippen LogP contribution >= 0.6 is 11.3 Å². The van der Waals surface area contributed by atoms with Crippen molar-refractivity contribution in [2.75, 3.05) is 65.9 Å². The van der Waals surface area contributed by atoms with Crippen molar-refractivity contribution in [1.82, 2.24) is 4.90 Å². The molecule has 6 nitrogen and oxygen atoms in total. The SMILES string of the molecule is CC[n+]1c(/C=C2/C=C3C=C(N4CCOCCOCCOCCOCC4)CCC3CC2)sc2ccccc21. The molecule has 7 heteroatoms. The maximum atomic E-state index is 5.87. The van der Waals surface area contributed by atoms with Crippen LogP contribution in [0.5, 0.6) is 0 Å². The van der Waals surface area contributed by atoms with E-state index in [1.54, 1.807) is 0 Å². The molecule has 0 saturated carbocycles. The number of rotatable bonds is 3. The zero-order valence-electron chi connectivity index (χ0n) is 22.2. The third kappa shape index (κ3) is 7.09. The second-order valence-electron chi connectivity index (χ2n) is 9.86. The van der Waals surface area contributed by atoms with Gasteiger partial charge in [0.05, 0.1) is 52.9 Å². The number of benzene rings is 1. The van der Waals surface area contributed by atoms with E-state index < -0.39 is 0 Å². The van der Waals surface area contributed by atoms with Gasteiger partial charge in [0.1, 0.15) is 11.2 Å². The van der Waals surface area contributed by atoms with Crippen molar-refractivity contribution in [1.29, 1.82) is 0 Å². The predicted octanol–water partition coefficient (Wildman–Crippen LogP) is 4.99. The van der Waals surface area contributed by atoms with E-state index in [0.717, 1.165) is 32.5 Å². The molecular formula is C30H41N2O4S+. The average Bonchev–Trinajstić information content (AvgIpc) is 3.27. The molecule has 0 amide bonds. The molecule has 1 saturated heterocycles. The quantitative estimate of drug-likeness (QED) is 0.529. The maximum Gasteiger partial charge on any atom is 0.263 e. The zero-order chi connectivity index (χ0) is 25.3. The van der Waals surface area contributed by atoms with E-state index in [2.05, 4.69) is 58.9 Å². The maximum absolute atomic E-state index is 5.87. The molecule has 1 unspecified atom stereocenters. The van der Waals surface area contributed by atoms with Gasteiger partial charge >= 0.3 is 0 Å². The van der Waals surface area contributed by atoms with Gasteiger partial charge in [-0.15, -0.1) is 0 Å². The topological polar surface area (TPSA) is 44.0 Å². The van der Waals surface area contributed by atoms with Crippen molar-refractivity contribution in [2.45, 2.75) is 39.2 Å². The Kier molecular flexibility index (Phi) is 9.82. The van der Waals surface area contributed by atoms with Gasteiger partial charge in [0, 0.05) is 30.9 Å². The lowest BCUT2D eigenvalue weighted by Crippen LogP contribution is -2.33. The summed E-state index contributed by atoms with van der Waals surface area (Å²) in [6.07, 6.45) is 12.1. The number of allylic oxidation sites excluding steroid dienone is 5. The van der Waals surface area contributed by atoms with Gasteiger partial charge in [0.15, 0.2) is 0 Å². The summed E-state index contributed by atoms with van der Waals surface area (Å²) in [4.78, 5) is 2.47. The first-order valence-corrected chi connectivity index (χ1v) is 14.7. The third-order valence-corrected chi connectivity index (χ3v) is 8.59. The second kappa shape index (κ2) is 13.7. The number of hydrogen-bond donors (Lipinski definition) is 0. The fraction of sp³-hybridized carbons (Fsp3) is 0.567. The molecule has 0 N–H and O–H groups in total. The predicted molar refractivity (Wildman–Crippen MR) is 149 cm³/mol. The van der Waals surface area contributed by atoms with Crippen LogP contribution in [0.4, 0.5) is 0 Å². The molecular weight excluding hydrogens is 484 g/mol. The first kappa shape index (κ1) is 26.6. The smallest absolute Gasteiger partial charge is 0.263 e. The van der Waals surface area contributed by atoms with Crippen LogP contribution in [-0.2, 0) is 25.5 Å². The number of aromatic nitrogens is 1. The van der Waals surface area contributed by atoms with Crippen molar-refractivity contribution in [3.63, 3.8) is 0 Å². The lowest BCUT2D eigenvalue weighted by Gasteiger charge is -2.34. The van der Waals surface area contributed by atoms with Crippen LogP contribution in [0.25, 0.3) is 16.3 Å². The van der Waals surface area contributed by atoms with Gasteiger partial charge in [0.25, 0.3) is 5.01 Å². The number of thiazole rings is 1. The van der Waals surface area contributed by atoms with E-state index in [0.29, 0.717) is 58.8 Å². The van der Waals surface area contributed by atoms with Crippen molar-refractivity contribution < 1.29 is 23.5 Å². The molecule has 1 aromatic heterocycles. The highest BCUT2D eigenvalue weighted by atomic mass is 32.1. The first-order chi connectivity index (χ1) is 18.3. The fourth-order valence-corrected chi connectivity index (χ4v) is 6.69. The monoisotopic (exact) mass is 525 g/mol. The van der Waals surface area contributed by atoms with E-state index in [1.807, 2.05) is 11.3 Å². The minimum absolute atomic E-state index is 0.608. The van der Waals surface area contributed by atoms with E-state index in [1.165, 1.54) is 44.9 Å². The van der Waals surface area contributed by atoms with Crippen molar-refractivity contribution in [3.8, 4) is 0 Å². The Hall–Kier alpha value is -2.03. The summed E-state index contributed by atoms with van der Waals surface area (Å²) >= 11 is 1.90. The Balaban J connectivity index is 1.32. The molecule has 0 spiro atoms. The summed E-state index contributed by atoms with van der Waals surface area (Å²) in [7, 11) is 0. The number of nitrogens with zero attached hydrogens (tertiary/aromatic N) is 2. The lowest BCUT2D eigenvalue weighted by atomic mass is 9.78. The van der Waals surface area contributed by atoms with Gasteiger partial charge in [0.2, 0.25) is 5.52 Å². The van der Waals surface area contributed by atoms with E-state index in [-0.39, 0.29) is 0 Å². The molecule has 5 rings (SSSR count). The molecule has 3 aliphatic rings. The Bertz CT molecular complexity index is 1110. The van der Waals surface area contributed by atoms with Crippen LogP contribution in [0.2, 0.25) is 0 Å². The standard InChI is InChI=1S/C30H41N2O4S/c1-2-32-28-5-3-4-6-29(28)37-30(32)22-24-7-8-25-9-10-27(23-26(25)21-24)31-11-13-33-15-17-35-19-20-36-18-16-34-14-12-31/h3-6,21-23,25H,2,7-20H2,1H3/q+1. The minimum atomic E-state index is 0.608. The summed E-state index contributed by atoms with van der Waals surface area (Å²) in [5.41, 5.74) is 5.68. The largest absolute Gasteiger partial charge is 0.377 e.